The standard InChI is InChI=1S/C18H12N2O4S3.C16H8N2O4S3/c1-23-17(21)13-11(9-5-3-7-25-9)15-16(20-27-19-15)12(10-6-4-8-26-10)14(13)18(22)24-2;19-15(20)11-9(7-3-1-5-23-7)13-14(18-25-17-13)10(12(11)16(21)22)8-4-2-6-24-8/h3-8H,1-2H3;1-6H,(H,19,20)(H,21,22). The molecule has 0 aliphatic heterocycles. The molecule has 2 aromatic carbocycles. The van der Waals surface area contributed by atoms with Gasteiger partial charge in [-0.3, -0.25) is 0 Å². The number of esters is 2. The van der Waals surface area contributed by atoms with Gasteiger partial charge in [0.25, 0.3) is 0 Å². The van der Waals surface area contributed by atoms with Crippen LogP contribution in [0.15, 0.2) is 70.1 Å². The summed E-state index contributed by atoms with van der Waals surface area (Å²) in [6, 6.07) is 14.6. The van der Waals surface area contributed by atoms with Crippen LogP contribution in [0.1, 0.15) is 41.4 Å². The van der Waals surface area contributed by atoms with E-state index in [1.165, 1.54) is 59.6 Å². The second-order valence-corrected chi connectivity index (χ2v) is 15.3. The number of thiophene rings is 4. The van der Waals surface area contributed by atoms with Crippen molar-refractivity contribution in [2.45, 2.75) is 0 Å². The molecule has 0 amide bonds. The molecule has 6 heterocycles. The number of aromatic nitrogens is 4. The Bertz CT molecular complexity index is 2420. The van der Waals surface area contributed by atoms with Gasteiger partial charge in [-0.2, -0.15) is 17.5 Å². The topological polar surface area (TPSA) is 179 Å². The molecule has 0 atom stereocenters. The number of hydrogen-bond acceptors (Lipinski definition) is 16. The molecule has 8 rings (SSSR count). The maximum absolute atomic E-state index is 12.8. The first-order valence-electron chi connectivity index (χ1n) is 14.7. The Hall–Kier alpha value is -5.24. The van der Waals surface area contributed by atoms with E-state index in [1.54, 1.807) is 35.0 Å². The molecule has 0 bridgehead atoms. The molecule has 52 heavy (non-hydrogen) atoms. The molecule has 0 aliphatic rings. The number of benzene rings is 2. The van der Waals surface area contributed by atoms with Crippen molar-refractivity contribution >= 4 is 115 Å². The lowest BCUT2D eigenvalue weighted by atomic mass is 9.92. The second kappa shape index (κ2) is 14.8. The van der Waals surface area contributed by atoms with Gasteiger partial charge in [0.2, 0.25) is 0 Å². The number of methoxy groups -OCH3 is 2. The molecule has 6 aromatic heterocycles. The van der Waals surface area contributed by atoms with Crippen LogP contribution in [0, 0.1) is 0 Å². The number of rotatable bonds is 8. The van der Waals surface area contributed by atoms with E-state index in [-0.39, 0.29) is 22.3 Å². The van der Waals surface area contributed by atoms with Gasteiger partial charge >= 0.3 is 23.9 Å². The molecule has 0 unspecified atom stereocenters. The molecule has 8 aromatic rings. The van der Waals surface area contributed by atoms with Crippen molar-refractivity contribution in [3.05, 3.63) is 92.3 Å². The summed E-state index contributed by atoms with van der Waals surface area (Å²) in [6.45, 7) is 0. The number of aromatic carboxylic acids is 2. The van der Waals surface area contributed by atoms with Crippen molar-refractivity contribution < 1.29 is 38.9 Å². The van der Waals surface area contributed by atoms with Crippen molar-refractivity contribution in [3.8, 4) is 41.8 Å². The summed E-state index contributed by atoms with van der Waals surface area (Å²) in [4.78, 5) is 52.5. The van der Waals surface area contributed by atoms with Crippen LogP contribution in [0.4, 0.5) is 0 Å². The summed E-state index contributed by atoms with van der Waals surface area (Å²) < 4.78 is 27.5. The average Bonchev–Trinajstić information content (AvgIpc) is 4.00. The zero-order valence-corrected chi connectivity index (χ0v) is 31.4. The van der Waals surface area contributed by atoms with E-state index in [0.29, 0.717) is 54.1 Å². The Morgan fingerprint density at radius 2 is 0.750 bits per heavy atom. The van der Waals surface area contributed by atoms with Gasteiger partial charge < -0.3 is 19.7 Å². The summed E-state index contributed by atoms with van der Waals surface area (Å²) in [5.41, 5.74) is 3.47. The highest BCUT2D eigenvalue weighted by Gasteiger charge is 2.34. The molecule has 0 saturated carbocycles. The lowest BCUT2D eigenvalue weighted by molar-refractivity contribution is 0.0557. The number of hydrogen-bond donors (Lipinski definition) is 2. The van der Waals surface area contributed by atoms with Gasteiger partial charge in [0.05, 0.1) is 59.9 Å². The van der Waals surface area contributed by atoms with Crippen molar-refractivity contribution in [3.63, 3.8) is 0 Å². The van der Waals surface area contributed by atoms with Crippen LogP contribution in [0.3, 0.4) is 0 Å². The van der Waals surface area contributed by atoms with Gasteiger partial charge in [0.15, 0.2) is 0 Å². The third-order valence-electron chi connectivity index (χ3n) is 7.70. The number of carboxylic acids is 2. The van der Waals surface area contributed by atoms with E-state index in [4.69, 9.17) is 9.47 Å². The van der Waals surface area contributed by atoms with Crippen LogP contribution in [0.2, 0.25) is 0 Å². The van der Waals surface area contributed by atoms with E-state index >= 15 is 0 Å². The molecule has 0 fully saturated rings. The normalized spacial score (nSPS) is 11.0. The smallest absolute Gasteiger partial charge is 0.339 e. The van der Waals surface area contributed by atoms with E-state index in [9.17, 15) is 29.4 Å². The van der Waals surface area contributed by atoms with Crippen molar-refractivity contribution in [2.24, 2.45) is 0 Å². The molecule has 260 valence electrons. The maximum atomic E-state index is 12.8. The van der Waals surface area contributed by atoms with Gasteiger partial charge in [-0.05, 0) is 45.8 Å². The Kier molecular flexibility index (Phi) is 10.00. The quantitative estimate of drug-likeness (QED) is 0.139. The van der Waals surface area contributed by atoms with E-state index in [1.807, 2.05) is 35.0 Å². The average molecular weight is 805 g/mol. The minimum atomic E-state index is -1.30. The lowest BCUT2D eigenvalue weighted by Gasteiger charge is -2.16. The largest absolute Gasteiger partial charge is 0.478 e. The first kappa shape index (κ1) is 35.2. The fourth-order valence-electron chi connectivity index (χ4n) is 5.69. The highest BCUT2D eigenvalue weighted by atomic mass is 32.1. The predicted molar refractivity (Wildman–Crippen MR) is 205 cm³/mol. The third kappa shape index (κ3) is 6.08. The Balaban J connectivity index is 0.000000162. The molecule has 18 heteroatoms. The minimum absolute atomic E-state index is 0.149. The van der Waals surface area contributed by atoms with Gasteiger partial charge in [-0.15, -0.1) is 45.3 Å². The van der Waals surface area contributed by atoms with E-state index in [2.05, 4.69) is 17.5 Å². The second-order valence-electron chi connectivity index (χ2n) is 10.4. The SMILES string of the molecule is COC(=O)c1c(C(=O)OC)c(-c2cccs2)c2nsnc2c1-c1cccs1.O=C(O)c1c(C(=O)O)c(-c2cccs2)c2nsnc2c1-c1cccs1. The van der Waals surface area contributed by atoms with Crippen LogP contribution >= 0.6 is 68.8 Å². The van der Waals surface area contributed by atoms with Gasteiger partial charge in [-0.1, -0.05) is 24.3 Å². The zero-order chi connectivity index (χ0) is 36.5. The molecular formula is C34H20N4O8S6. The molecule has 0 radical (unpaired) electrons. The summed E-state index contributed by atoms with van der Waals surface area (Å²) in [5, 5.41) is 27.0. The van der Waals surface area contributed by atoms with Gasteiger partial charge in [0.1, 0.15) is 22.1 Å². The fourth-order valence-corrected chi connectivity index (χ4v) is 9.92. The highest BCUT2D eigenvalue weighted by Crippen LogP contribution is 2.45. The summed E-state index contributed by atoms with van der Waals surface area (Å²) in [7, 11) is 2.58. The summed E-state index contributed by atoms with van der Waals surface area (Å²) in [6.07, 6.45) is 0. The Morgan fingerprint density at radius 1 is 0.481 bits per heavy atom. The van der Waals surface area contributed by atoms with E-state index < -0.39 is 23.9 Å². The number of carbonyl (C=O) groups excluding carboxylic acids is 2. The highest BCUT2D eigenvalue weighted by molar-refractivity contribution is 7.15. The molecule has 12 nitrogen and oxygen atoms in total. The first-order chi connectivity index (χ1) is 25.3. The minimum Gasteiger partial charge on any atom is -0.478 e. The van der Waals surface area contributed by atoms with Crippen molar-refractivity contribution in [1.82, 2.24) is 17.5 Å². The Morgan fingerprint density at radius 3 is 0.962 bits per heavy atom. The number of nitrogens with zero attached hydrogens (tertiary/aromatic N) is 4. The van der Waals surface area contributed by atoms with Gasteiger partial charge in [-0.25, -0.2) is 19.2 Å². The van der Waals surface area contributed by atoms with Crippen molar-refractivity contribution in [2.75, 3.05) is 14.2 Å². The number of carboxylic acid groups (broad SMARTS) is 2. The fraction of sp³-hybridized carbons (Fsp3) is 0.0588. The van der Waals surface area contributed by atoms with E-state index in [0.717, 1.165) is 33.2 Å². The zero-order valence-electron chi connectivity index (χ0n) is 26.5. The molecule has 0 saturated heterocycles. The number of fused-ring (bicyclic) bond motifs is 2. The molecular weight excluding hydrogens is 785 g/mol. The maximum Gasteiger partial charge on any atom is 0.339 e. The van der Waals surface area contributed by atoms with Crippen molar-refractivity contribution in [1.29, 1.82) is 0 Å². The van der Waals surface area contributed by atoms with Crippen LogP contribution in [0.5, 0.6) is 0 Å². The third-order valence-corrected chi connectivity index (χ3v) is 12.3. The molecule has 0 spiro atoms. The predicted octanol–water partition coefficient (Wildman–Crippen LogP) is 9.27. The monoisotopic (exact) mass is 804 g/mol. The first-order valence-corrected chi connectivity index (χ1v) is 19.7. The van der Waals surface area contributed by atoms with Crippen LogP contribution in [-0.4, -0.2) is 65.8 Å². The van der Waals surface area contributed by atoms with Crippen LogP contribution < -0.4 is 0 Å². The van der Waals surface area contributed by atoms with Gasteiger partial charge in [0, 0.05) is 41.8 Å². The molecule has 2 N–H and O–H groups in total. The Labute approximate surface area is 317 Å². The summed E-state index contributed by atoms with van der Waals surface area (Å²) >= 11 is 7.54. The lowest BCUT2D eigenvalue weighted by Crippen LogP contribution is -2.15. The van der Waals surface area contributed by atoms with Crippen LogP contribution in [-0.2, 0) is 9.47 Å². The van der Waals surface area contributed by atoms with Crippen LogP contribution in [0.25, 0.3) is 63.8 Å². The number of ether oxygens (including phenoxy) is 2. The number of carbonyl (C=O) groups is 4. The summed E-state index contributed by atoms with van der Waals surface area (Å²) in [5.74, 6) is -3.83. The molecule has 0 aliphatic carbocycles.